The molecule has 0 radical (unpaired) electrons. The lowest BCUT2D eigenvalue weighted by Crippen LogP contribution is -2.40. The summed E-state index contributed by atoms with van der Waals surface area (Å²) in [6.45, 7) is 6.13. The van der Waals surface area contributed by atoms with Crippen LogP contribution in [0.5, 0.6) is 0 Å². The lowest BCUT2D eigenvalue weighted by atomic mass is 10.1. The number of hydrogen-bond acceptors (Lipinski definition) is 4. The van der Waals surface area contributed by atoms with Crippen molar-refractivity contribution in [1.82, 2.24) is 9.97 Å². The number of piperidine rings is 1. The monoisotopic (exact) mass is 206 g/mol. The van der Waals surface area contributed by atoms with E-state index in [-0.39, 0.29) is 0 Å². The van der Waals surface area contributed by atoms with Crippen molar-refractivity contribution in [2.24, 2.45) is 5.73 Å². The first-order valence-corrected chi connectivity index (χ1v) is 5.47. The fourth-order valence-electron chi connectivity index (χ4n) is 1.96. The first-order chi connectivity index (χ1) is 7.18. The average Bonchev–Trinajstić information content (AvgIpc) is 2.24. The second-order valence-electron chi connectivity index (χ2n) is 4.23. The van der Waals surface area contributed by atoms with Crippen LogP contribution in [0.15, 0.2) is 6.33 Å². The van der Waals surface area contributed by atoms with Gasteiger partial charge in [0.1, 0.15) is 12.1 Å². The maximum absolute atomic E-state index is 5.88. The number of anilines is 1. The Hall–Kier alpha value is -1.16. The molecular weight excluding hydrogens is 188 g/mol. The van der Waals surface area contributed by atoms with E-state index >= 15 is 0 Å². The lowest BCUT2D eigenvalue weighted by molar-refractivity contribution is 0.497. The van der Waals surface area contributed by atoms with E-state index in [0.29, 0.717) is 6.04 Å². The van der Waals surface area contributed by atoms with Crippen LogP contribution in [0.1, 0.15) is 24.1 Å². The molecule has 2 N–H and O–H groups in total. The Balaban J connectivity index is 2.19. The van der Waals surface area contributed by atoms with E-state index in [0.717, 1.165) is 37.4 Å². The molecular formula is C11H18N4. The normalized spacial score (nSPS) is 18.2. The Morgan fingerprint density at radius 3 is 2.60 bits per heavy atom. The summed E-state index contributed by atoms with van der Waals surface area (Å²) in [6.07, 6.45) is 3.76. The van der Waals surface area contributed by atoms with Gasteiger partial charge in [-0.2, -0.15) is 0 Å². The van der Waals surface area contributed by atoms with Crippen LogP contribution in [0.2, 0.25) is 0 Å². The smallest absolute Gasteiger partial charge is 0.135 e. The van der Waals surface area contributed by atoms with Crippen LogP contribution >= 0.6 is 0 Å². The number of aromatic nitrogens is 2. The fourth-order valence-corrected chi connectivity index (χ4v) is 1.96. The van der Waals surface area contributed by atoms with E-state index < -0.39 is 0 Å². The summed E-state index contributed by atoms with van der Waals surface area (Å²) in [6, 6.07) is 0.365. The van der Waals surface area contributed by atoms with E-state index in [2.05, 4.69) is 21.8 Å². The van der Waals surface area contributed by atoms with E-state index in [1.807, 2.05) is 6.92 Å². The Morgan fingerprint density at radius 2 is 1.93 bits per heavy atom. The average molecular weight is 206 g/mol. The molecule has 82 valence electrons. The molecule has 0 aromatic carbocycles. The number of rotatable bonds is 1. The van der Waals surface area contributed by atoms with Gasteiger partial charge in [-0.3, -0.25) is 0 Å². The van der Waals surface area contributed by atoms with Crippen LogP contribution in [0, 0.1) is 13.8 Å². The van der Waals surface area contributed by atoms with Gasteiger partial charge in [0.05, 0.1) is 0 Å². The summed E-state index contributed by atoms with van der Waals surface area (Å²) in [5.41, 5.74) is 8.14. The van der Waals surface area contributed by atoms with Gasteiger partial charge in [0, 0.05) is 30.4 Å². The fraction of sp³-hybridized carbons (Fsp3) is 0.636. The maximum Gasteiger partial charge on any atom is 0.135 e. The van der Waals surface area contributed by atoms with Gasteiger partial charge in [-0.25, -0.2) is 9.97 Å². The van der Waals surface area contributed by atoms with Crippen molar-refractivity contribution in [2.75, 3.05) is 18.0 Å². The SMILES string of the molecule is Cc1ncnc(N2CCC(N)CC2)c1C. The highest BCUT2D eigenvalue weighted by molar-refractivity contribution is 5.47. The van der Waals surface area contributed by atoms with Gasteiger partial charge >= 0.3 is 0 Å². The van der Waals surface area contributed by atoms with Crippen molar-refractivity contribution in [3.63, 3.8) is 0 Å². The summed E-state index contributed by atoms with van der Waals surface area (Å²) in [5, 5.41) is 0. The van der Waals surface area contributed by atoms with Gasteiger partial charge in [0.2, 0.25) is 0 Å². The zero-order valence-electron chi connectivity index (χ0n) is 9.40. The summed E-state index contributed by atoms with van der Waals surface area (Å²) in [4.78, 5) is 10.9. The zero-order valence-corrected chi connectivity index (χ0v) is 9.40. The summed E-state index contributed by atoms with van der Waals surface area (Å²) >= 11 is 0. The Bertz CT molecular complexity index is 342. The third-order valence-electron chi connectivity index (χ3n) is 3.15. The molecule has 1 aromatic rings. The minimum atomic E-state index is 0.365. The number of aryl methyl sites for hydroxylation is 1. The van der Waals surface area contributed by atoms with Crippen molar-refractivity contribution in [3.05, 3.63) is 17.6 Å². The van der Waals surface area contributed by atoms with E-state index in [9.17, 15) is 0 Å². The van der Waals surface area contributed by atoms with E-state index in [1.54, 1.807) is 6.33 Å². The Kier molecular flexibility index (Phi) is 2.86. The van der Waals surface area contributed by atoms with Crippen molar-refractivity contribution in [3.8, 4) is 0 Å². The van der Waals surface area contributed by atoms with Crippen LogP contribution in [-0.2, 0) is 0 Å². The molecule has 4 heteroatoms. The van der Waals surface area contributed by atoms with Crippen LogP contribution in [0.25, 0.3) is 0 Å². The molecule has 0 amide bonds. The molecule has 2 heterocycles. The van der Waals surface area contributed by atoms with Crippen LogP contribution < -0.4 is 10.6 Å². The molecule has 0 saturated carbocycles. The van der Waals surface area contributed by atoms with Crippen molar-refractivity contribution in [1.29, 1.82) is 0 Å². The molecule has 1 fully saturated rings. The number of nitrogens with two attached hydrogens (primary N) is 1. The summed E-state index contributed by atoms with van der Waals surface area (Å²) in [5.74, 6) is 1.08. The Labute approximate surface area is 90.5 Å². The maximum atomic E-state index is 5.88. The molecule has 0 unspecified atom stereocenters. The first kappa shape index (κ1) is 10.4. The lowest BCUT2D eigenvalue weighted by Gasteiger charge is -2.32. The molecule has 0 aliphatic carbocycles. The molecule has 1 saturated heterocycles. The zero-order chi connectivity index (χ0) is 10.8. The predicted molar refractivity (Wildman–Crippen MR) is 60.9 cm³/mol. The third kappa shape index (κ3) is 2.09. The number of hydrogen-bond donors (Lipinski definition) is 1. The quantitative estimate of drug-likeness (QED) is 0.745. The minimum absolute atomic E-state index is 0.365. The van der Waals surface area contributed by atoms with Crippen molar-refractivity contribution >= 4 is 5.82 Å². The summed E-state index contributed by atoms with van der Waals surface area (Å²) in [7, 11) is 0. The number of nitrogens with zero attached hydrogens (tertiary/aromatic N) is 3. The highest BCUT2D eigenvalue weighted by atomic mass is 15.2. The Morgan fingerprint density at radius 1 is 1.27 bits per heavy atom. The topological polar surface area (TPSA) is 55.0 Å². The largest absolute Gasteiger partial charge is 0.356 e. The van der Waals surface area contributed by atoms with Gasteiger partial charge < -0.3 is 10.6 Å². The molecule has 1 aromatic heterocycles. The van der Waals surface area contributed by atoms with Gasteiger partial charge in [-0.15, -0.1) is 0 Å². The third-order valence-corrected chi connectivity index (χ3v) is 3.15. The molecule has 15 heavy (non-hydrogen) atoms. The van der Waals surface area contributed by atoms with E-state index in [4.69, 9.17) is 5.73 Å². The second-order valence-corrected chi connectivity index (χ2v) is 4.23. The highest BCUT2D eigenvalue weighted by Gasteiger charge is 2.19. The van der Waals surface area contributed by atoms with Gasteiger partial charge in [0.15, 0.2) is 0 Å². The predicted octanol–water partition coefficient (Wildman–Crippen LogP) is 1.02. The molecule has 0 atom stereocenters. The van der Waals surface area contributed by atoms with Crippen LogP contribution in [0.3, 0.4) is 0 Å². The molecule has 2 rings (SSSR count). The van der Waals surface area contributed by atoms with Crippen molar-refractivity contribution < 1.29 is 0 Å². The van der Waals surface area contributed by atoms with Gasteiger partial charge in [-0.1, -0.05) is 0 Å². The molecule has 0 bridgehead atoms. The van der Waals surface area contributed by atoms with E-state index in [1.165, 1.54) is 5.56 Å². The van der Waals surface area contributed by atoms with Crippen LogP contribution in [-0.4, -0.2) is 29.1 Å². The minimum Gasteiger partial charge on any atom is -0.356 e. The molecule has 4 nitrogen and oxygen atoms in total. The second kappa shape index (κ2) is 4.14. The first-order valence-electron chi connectivity index (χ1n) is 5.47. The molecule has 0 spiro atoms. The highest BCUT2D eigenvalue weighted by Crippen LogP contribution is 2.21. The molecule has 1 aliphatic heterocycles. The summed E-state index contributed by atoms with van der Waals surface area (Å²) < 4.78 is 0. The van der Waals surface area contributed by atoms with Crippen LogP contribution in [0.4, 0.5) is 5.82 Å². The van der Waals surface area contributed by atoms with Gasteiger partial charge in [0.25, 0.3) is 0 Å². The van der Waals surface area contributed by atoms with Crippen molar-refractivity contribution in [2.45, 2.75) is 32.7 Å². The standard InChI is InChI=1S/C11H18N4/c1-8-9(2)13-7-14-11(8)15-5-3-10(12)4-6-15/h7,10H,3-6,12H2,1-2H3. The van der Waals surface area contributed by atoms with Gasteiger partial charge in [-0.05, 0) is 26.7 Å². The molecule has 1 aliphatic rings.